The third kappa shape index (κ3) is 5.10. The van der Waals surface area contributed by atoms with Crippen LogP contribution in [-0.2, 0) is 11.8 Å². The van der Waals surface area contributed by atoms with E-state index in [2.05, 4.69) is 10.6 Å². The van der Waals surface area contributed by atoms with Crippen molar-refractivity contribution in [2.45, 2.75) is 20.8 Å². The Morgan fingerprint density at radius 2 is 1.84 bits per heavy atom. The molecule has 0 aliphatic heterocycles. The Bertz CT molecular complexity index is 1640. The van der Waals surface area contributed by atoms with Gasteiger partial charge in [0.05, 0.1) is 4.88 Å². The highest BCUT2D eigenvalue weighted by molar-refractivity contribution is 7.20. The van der Waals surface area contributed by atoms with Gasteiger partial charge in [0.2, 0.25) is 0 Å². The molecule has 0 aliphatic rings. The molecule has 0 aliphatic carbocycles. The van der Waals surface area contributed by atoms with Crippen molar-refractivity contribution in [1.82, 2.24) is 9.88 Å². The number of carbonyl (C=O) groups excluding carboxylic acids is 2. The number of carbonyl (C=O) groups is 2. The van der Waals surface area contributed by atoms with Crippen LogP contribution in [0.4, 0.5) is 10.1 Å². The smallest absolute Gasteiger partial charge is 0.300 e. The van der Waals surface area contributed by atoms with Crippen LogP contribution in [0.5, 0.6) is 11.5 Å². The molecule has 2 N–H and O–H groups in total. The predicted molar refractivity (Wildman–Crippen MR) is 144 cm³/mol. The number of amides is 2. The number of fused-ring (bicyclic) bond motifs is 1. The first-order chi connectivity index (χ1) is 17.6. The molecule has 0 saturated heterocycles. The Hall–Kier alpha value is -4.42. The van der Waals surface area contributed by atoms with Crippen LogP contribution in [0.15, 0.2) is 47.4 Å². The Kier molecular flexibility index (Phi) is 7.14. The van der Waals surface area contributed by atoms with Gasteiger partial charge in [-0.15, -0.1) is 17.8 Å². The fourth-order valence-corrected chi connectivity index (χ4v) is 5.12. The molecule has 0 saturated carbocycles. The van der Waals surface area contributed by atoms with E-state index in [1.54, 1.807) is 51.4 Å². The summed E-state index contributed by atoms with van der Waals surface area (Å²) in [6.07, 6.45) is 6.87. The van der Waals surface area contributed by atoms with Crippen LogP contribution in [0.1, 0.15) is 27.7 Å². The summed E-state index contributed by atoms with van der Waals surface area (Å²) in [6.45, 7) is 5.75. The van der Waals surface area contributed by atoms with Gasteiger partial charge >= 0.3 is 0 Å². The van der Waals surface area contributed by atoms with Crippen LogP contribution in [0.3, 0.4) is 0 Å². The Labute approximate surface area is 216 Å². The minimum atomic E-state index is -0.621. The van der Waals surface area contributed by atoms with Gasteiger partial charge in [0, 0.05) is 42.0 Å². The van der Waals surface area contributed by atoms with Crippen LogP contribution >= 0.6 is 11.3 Å². The number of terminal acetylenes is 1. The number of benzene rings is 2. The van der Waals surface area contributed by atoms with E-state index in [0.29, 0.717) is 60.9 Å². The van der Waals surface area contributed by atoms with Gasteiger partial charge < -0.3 is 19.9 Å². The third-order valence-corrected chi connectivity index (χ3v) is 6.84. The summed E-state index contributed by atoms with van der Waals surface area (Å²) in [5.74, 6) is 1.64. The van der Waals surface area contributed by atoms with Crippen molar-refractivity contribution in [3.05, 3.63) is 74.8 Å². The molecule has 0 atom stereocenters. The summed E-state index contributed by atoms with van der Waals surface area (Å²) in [4.78, 5) is 37.8. The molecule has 4 aromatic rings. The first-order valence-corrected chi connectivity index (χ1v) is 12.2. The Balaban J connectivity index is 1.97. The lowest BCUT2D eigenvalue weighted by atomic mass is 10.0. The third-order valence-electron chi connectivity index (χ3n) is 5.72. The molecule has 37 heavy (non-hydrogen) atoms. The number of anilines is 1. The number of nitrogens with zero attached hydrogens (tertiary/aromatic N) is 1. The van der Waals surface area contributed by atoms with Gasteiger partial charge in [-0.3, -0.25) is 14.4 Å². The normalized spacial score (nSPS) is 10.7. The van der Waals surface area contributed by atoms with E-state index in [0.717, 1.165) is 11.3 Å². The highest BCUT2D eigenvalue weighted by Crippen LogP contribution is 2.41. The summed E-state index contributed by atoms with van der Waals surface area (Å²) in [5, 5.41) is 5.94. The monoisotopic (exact) mass is 517 g/mol. The van der Waals surface area contributed by atoms with Gasteiger partial charge in [-0.25, -0.2) is 4.39 Å². The van der Waals surface area contributed by atoms with E-state index in [-0.39, 0.29) is 17.3 Å². The molecule has 0 radical (unpaired) electrons. The lowest BCUT2D eigenvalue weighted by molar-refractivity contribution is -0.111. The second-order valence-electron chi connectivity index (χ2n) is 8.45. The molecule has 2 aromatic carbocycles. The van der Waals surface area contributed by atoms with Gasteiger partial charge in [0.25, 0.3) is 17.4 Å². The Morgan fingerprint density at radius 3 is 2.49 bits per heavy atom. The van der Waals surface area contributed by atoms with E-state index in [1.165, 1.54) is 16.7 Å². The number of nitrogens with one attached hydrogen (secondary N) is 2. The number of aromatic nitrogens is 1. The van der Waals surface area contributed by atoms with Gasteiger partial charge in [-0.1, -0.05) is 0 Å². The molecule has 7 nitrogen and oxygen atoms in total. The van der Waals surface area contributed by atoms with Crippen molar-refractivity contribution in [2.24, 2.45) is 7.05 Å². The van der Waals surface area contributed by atoms with Crippen LogP contribution in [0.2, 0.25) is 0 Å². The molecule has 0 fully saturated rings. The molecule has 0 unspecified atom stereocenters. The average Bonchev–Trinajstić information content (AvgIpc) is 3.30. The molecule has 2 amide bonds. The van der Waals surface area contributed by atoms with E-state index in [4.69, 9.17) is 11.2 Å². The van der Waals surface area contributed by atoms with Gasteiger partial charge in [0.15, 0.2) is 0 Å². The molecule has 9 heteroatoms. The molecule has 188 valence electrons. The van der Waals surface area contributed by atoms with Gasteiger partial charge in [-0.05, 0) is 74.2 Å². The standard InChI is InChI=1S/C28H24FN3O4S/c1-6-24(33)31-18-8-9-22(36-25-15(3)10-17(29)11-16(25)4)19(12-18)21-14-32(5)28(35)26-20(21)13-23(37-26)27(34)30-7-2/h1,8-14H,7H2,2-5H3,(H,30,34)(H,31,33). The number of pyridine rings is 1. The van der Waals surface area contributed by atoms with Gasteiger partial charge in [0.1, 0.15) is 22.0 Å². The number of aryl methyl sites for hydroxylation is 3. The van der Waals surface area contributed by atoms with E-state index >= 15 is 0 Å². The second-order valence-corrected chi connectivity index (χ2v) is 9.50. The topological polar surface area (TPSA) is 89.4 Å². The molecular formula is C28H24FN3O4S. The van der Waals surface area contributed by atoms with E-state index < -0.39 is 5.91 Å². The van der Waals surface area contributed by atoms with Crippen LogP contribution < -0.4 is 20.9 Å². The van der Waals surface area contributed by atoms with Crippen molar-refractivity contribution < 1.29 is 18.7 Å². The van der Waals surface area contributed by atoms with Crippen molar-refractivity contribution in [3.8, 4) is 35.0 Å². The highest BCUT2D eigenvalue weighted by Gasteiger charge is 2.20. The highest BCUT2D eigenvalue weighted by atomic mass is 32.1. The van der Waals surface area contributed by atoms with E-state index in [9.17, 15) is 18.8 Å². The largest absolute Gasteiger partial charge is 0.456 e. The minimum absolute atomic E-state index is 0.247. The molecule has 2 aromatic heterocycles. The minimum Gasteiger partial charge on any atom is -0.456 e. The first kappa shape index (κ1) is 25.7. The van der Waals surface area contributed by atoms with Gasteiger partial charge in [-0.2, -0.15) is 0 Å². The zero-order chi connectivity index (χ0) is 26.9. The number of hydrogen-bond donors (Lipinski definition) is 2. The zero-order valence-corrected chi connectivity index (χ0v) is 21.5. The summed E-state index contributed by atoms with van der Waals surface area (Å²) < 4.78 is 22.0. The quantitative estimate of drug-likeness (QED) is 0.347. The molecule has 2 heterocycles. The predicted octanol–water partition coefficient (Wildman–Crippen LogP) is 5.14. The lowest BCUT2D eigenvalue weighted by Crippen LogP contribution is -2.21. The SMILES string of the molecule is C#CC(=O)Nc1ccc(Oc2c(C)cc(F)cc2C)c(-c2cn(C)c(=O)c3sc(C(=O)NCC)cc23)c1. The zero-order valence-electron chi connectivity index (χ0n) is 20.7. The first-order valence-electron chi connectivity index (χ1n) is 11.4. The summed E-state index contributed by atoms with van der Waals surface area (Å²) in [5.41, 5.74) is 2.52. The summed E-state index contributed by atoms with van der Waals surface area (Å²) in [6, 6.07) is 9.41. The summed E-state index contributed by atoms with van der Waals surface area (Å²) in [7, 11) is 1.62. The number of rotatable bonds is 6. The maximum Gasteiger partial charge on any atom is 0.300 e. The van der Waals surface area contributed by atoms with Crippen molar-refractivity contribution in [3.63, 3.8) is 0 Å². The number of thiophene rings is 1. The number of hydrogen-bond acceptors (Lipinski definition) is 5. The number of ether oxygens (including phenoxy) is 1. The maximum atomic E-state index is 13.9. The fourth-order valence-electron chi connectivity index (χ4n) is 4.05. The van der Waals surface area contributed by atoms with Crippen LogP contribution in [0.25, 0.3) is 21.2 Å². The van der Waals surface area contributed by atoms with Crippen molar-refractivity contribution in [2.75, 3.05) is 11.9 Å². The maximum absolute atomic E-state index is 13.9. The molecule has 0 bridgehead atoms. The second kappa shape index (κ2) is 10.3. The van der Waals surface area contributed by atoms with Crippen LogP contribution in [-0.4, -0.2) is 22.9 Å². The Morgan fingerprint density at radius 1 is 1.14 bits per heavy atom. The fraction of sp³-hybridized carbons (Fsp3) is 0.179. The average molecular weight is 518 g/mol. The number of halogens is 1. The van der Waals surface area contributed by atoms with Crippen LogP contribution in [0, 0.1) is 32.0 Å². The van der Waals surface area contributed by atoms with Crippen molar-refractivity contribution >= 4 is 38.9 Å². The molecule has 0 spiro atoms. The molecule has 4 rings (SSSR count). The lowest BCUT2D eigenvalue weighted by Gasteiger charge is -2.17. The molecular weight excluding hydrogens is 493 g/mol. The van der Waals surface area contributed by atoms with Crippen molar-refractivity contribution in [1.29, 1.82) is 0 Å². The summed E-state index contributed by atoms with van der Waals surface area (Å²) >= 11 is 1.11. The van der Waals surface area contributed by atoms with E-state index in [1.807, 2.05) is 12.8 Å².